The van der Waals surface area contributed by atoms with E-state index >= 15 is 0 Å². The summed E-state index contributed by atoms with van der Waals surface area (Å²) in [7, 11) is 8.20. The van der Waals surface area contributed by atoms with Crippen molar-refractivity contribution in [1.82, 2.24) is 19.9 Å². The molecule has 0 spiro atoms. The minimum atomic E-state index is -2.67. The summed E-state index contributed by atoms with van der Waals surface area (Å²) < 4.78 is 137. The van der Waals surface area contributed by atoms with E-state index in [2.05, 4.69) is 238 Å². The van der Waals surface area contributed by atoms with E-state index in [1.165, 1.54) is 41.7 Å². The van der Waals surface area contributed by atoms with Crippen LogP contribution in [0.25, 0.3) is 133 Å². The average Bonchev–Trinajstić information content (AvgIpc) is 1.74. The Morgan fingerprint density at radius 1 is 0.436 bits per heavy atom. The van der Waals surface area contributed by atoms with Gasteiger partial charge in [0, 0.05) is 142 Å². The second kappa shape index (κ2) is 31.0. The Morgan fingerprint density at radius 2 is 0.782 bits per heavy atom. The molecule has 2 atom stereocenters. The van der Waals surface area contributed by atoms with Crippen molar-refractivity contribution in [2.45, 2.75) is 186 Å². The van der Waals surface area contributed by atoms with Crippen molar-refractivity contribution in [3.8, 4) is 45.0 Å². The maximum absolute atomic E-state index is 8.83. The lowest BCUT2D eigenvalue weighted by molar-refractivity contribution is -0.660. The number of furan rings is 4. The quantitative estimate of drug-likeness (QED) is 0.111. The molecule has 1 aliphatic carbocycles. The molecule has 562 valence electrons. The van der Waals surface area contributed by atoms with Gasteiger partial charge in [-0.2, -0.15) is 0 Å². The second-order valence-electron chi connectivity index (χ2n) is 31.1. The predicted molar refractivity (Wildman–Crippen MR) is 451 cm³/mol. The van der Waals surface area contributed by atoms with Gasteiger partial charge >= 0.3 is 0 Å². The fraction of sp³-hybridized carbons (Fsp3) is 0.347. The predicted octanol–water partition coefficient (Wildman–Crippen LogP) is 23.1. The summed E-state index contributed by atoms with van der Waals surface area (Å²) in [5.74, 6) is -2.95. The molecule has 12 nitrogen and oxygen atoms in total. The van der Waals surface area contributed by atoms with Crippen LogP contribution in [-0.2, 0) is 72.1 Å². The first-order valence-electron chi connectivity index (χ1n) is 45.1. The van der Waals surface area contributed by atoms with Gasteiger partial charge in [-0.15, -0.1) is 0 Å². The molecule has 12 aromatic heterocycles. The van der Waals surface area contributed by atoms with Crippen LogP contribution in [0, 0.1) is 39.0 Å². The third kappa shape index (κ3) is 15.2. The van der Waals surface area contributed by atoms with Gasteiger partial charge in [-0.25, -0.2) is 38.2 Å². The lowest BCUT2D eigenvalue weighted by Gasteiger charge is -2.16. The normalized spacial score (nSPS) is 17.1. The summed E-state index contributed by atoms with van der Waals surface area (Å²) >= 11 is 0. The van der Waals surface area contributed by atoms with Crippen LogP contribution < -0.4 is 18.3 Å². The largest absolute Gasteiger partial charge is 0.437 e. The number of fused-ring (bicyclic) bond motifs is 12. The Kier molecular flexibility index (Phi) is 17.2. The third-order valence-electron chi connectivity index (χ3n) is 21.4. The summed E-state index contributed by atoms with van der Waals surface area (Å²) in [4.78, 5) is 18.6. The van der Waals surface area contributed by atoms with Gasteiger partial charge in [0.05, 0.1) is 22.3 Å². The Hall–Kier alpha value is -10.7. The van der Waals surface area contributed by atoms with Crippen LogP contribution >= 0.6 is 0 Å². The van der Waals surface area contributed by atoms with Gasteiger partial charge < -0.3 is 17.7 Å². The highest BCUT2D eigenvalue weighted by atomic mass is 16.4. The van der Waals surface area contributed by atoms with Crippen molar-refractivity contribution >= 4 is 88.3 Å². The average molecular weight is 1480 g/mol. The van der Waals surface area contributed by atoms with Gasteiger partial charge in [-0.1, -0.05) is 144 Å². The maximum atomic E-state index is 8.83. The number of aromatic nitrogens is 8. The van der Waals surface area contributed by atoms with Crippen LogP contribution in [0.5, 0.6) is 0 Å². The van der Waals surface area contributed by atoms with Crippen molar-refractivity contribution in [2.75, 3.05) is 0 Å². The van der Waals surface area contributed by atoms with E-state index < -0.39 is 44.1 Å². The fourth-order valence-corrected chi connectivity index (χ4v) is 15.4. The molecule has 0 radical (unpaired) electrons. The standard InChI is InChI=1S/C25H27N2O.C25H29N2O.2C24H27N2O/c1-4-17-10-14-22(27(3)15-17)23-16(2)9-11-19-20-12-13-21(18-7-5-6-8-18)26-25(20)28-24(19)23;1-7-17-9-13-21(27(6)15-17)22-16(2)8-11-19-20-12-10-18(14-25(3,4)5)26-24(20)28-23(19)22;1-7-16-9-12-19(26(6)14-16)21-15(2)8-10-17-18-11-13-20(24(3,4)5)25-23(18)27-22(17)21;1-6-17-8-12-21(26(5)14-17)22-16(4)7-10-19-20-11-9-18(13-15(2)3)25-24(20)27-23(19)22/h9-15,18H,4-8H2,1-3H3;8-13,15H,7,14H2,1-6H3;8-14H,7H2,1-6H3;7-12,14-15H,6,13H2,1-5H3/q4*+1/i7D2,18D;3D3,4D3;;2D3,15D. The van der Waals surface area contributed by atoms with E-state index in [1.54, 1.807) is 12.1 Å². The molecule has 1 fully saturated rings. The Bertz CT molecular complexity index is 6770. The molecule has 0 saturated heterocycles. The molecule has 0 bridgehead atoms. The molecule has 12 heteroatoms. The Morgan fingerprint density at radius 3 is 1.13 bits per heavy atom. The highest BCUT2D eigenvalue weighted by Gasteiger charge is 2.29. The van der Waals surface area contributed by atoms with Crippen LogP contribution in [0.4, 0.5) is 0 Å². The lowest BCUT2D eigenvalue weighted by Crippen LogP contribution is -2.31. The first kappa shape index (κ1) is 61.1. The summed E-state index contributed by atoms with van der Waals surface area (Å²) in [6, 6.07) is 49.1. The lowest BCUT2D eigenvalue weighted by atomic mass is 9.90. The molecule has 12 heterocycles. The zero-order chi connectivity index (χ0) is 88.9. The number of rotatable bonds is 12. The highest BCUT2D eigenvalue weighted by Crippen LogP contribution is 2.43. The van der Waals surface area contributed by atoms with E-state index in [1.807, 2.05) is 57.4 Å². The summed E-state index contributed by atoms with van der Waals surface area (Å²) in [6.07, 6.45) is 12.3. The van der Waals surface area contributed by atoms with Crippen molar-refractivity contribution in [3.63, 3.8) is 0 Å². The highest BCUT2D eigenvalue weighted by molar-refractivity contribution is 6.12. The molecule has 0 N–H and O–H groups in total. The zero-order valence-corrected chi connectivity index (χ0v) is 66.7. The topological polar surface area (TPSA) is 120 Å². The number of benzene rings is 4. The molecule has 1 aliphatic rings. The molecule has 0 aliphatic heterocycles. The maximum Gasteiger partial charge on any atom is 0.227 e. The van der Waals surface area contributed by atoms with Crippen molar-refractivity contribution in [3.05, 3.63) is 238 Å². The summed E-state index contributed by atoms with van der Waals surface area (Å²) in [5, 5.41) is 7.65. The van der Waals surface area contributed by atoms with Gasteiger partial charge in [0.25, 0.3) is 0 Å². The molecular weight excluding hydrogens is 1350 g/mol. The van der Waals surface area contributed by atoms with Crippen LogP contribution in [-0.4, -0.2) is 19.9 Å². The Balaban J connectivity index is 0.000000134. The van der Waals surface area contributed by atoms with Gasteiger partial charge in [0.2, 0.25) is 45.6 Å². The number of pyridine rings is 8. The smallest absolute Gasteiger partial charge is 0.227 e. The molecule has 16 aromatic rings. The van der Waals surface area contributed by atoms with Crippen LogP contribution in [0.3, 0.4) is 0 Å². The molecule has 2 unspecified atom stereocenters. The number of hydrogen-bond donors (Lipinski definition) is 0. The number of nitrogens with zero attached hydrogens (tertiary/aromatic N) is 8. The first-order chi connectivity index (χ1) is 57.8. The summed E-state index contributed by atoms with van der Waals surface area (Å²) in [6.45, 7) is 18.4. The van der Waals surface area contributed by atoms with Crippen LogP contribution in [0.1, 0.15) is 200 Å². The fourth-order valence-electron chi connectivity index (χ4n) is 15.4. The van der Waals surface area contributed by atoms with Crippen molar-refractivity contribution < 1.29 is 53.8 Å². The monoisotopic (exact) mass is 1480 g/mol. The van der Waals surface area contributed by atoms with Crippen LogP contribution in [0.2, 0.25) is 0 Å². The van der Waals surface area contributed by atoms with Gasteiger partial charge in [-0.05, 0) is 185 Å². The molecular formula is C98H110N8O4+4. The zero-order valence-electron chi connectivity index (χ0n) is 79.7. The van der Waals surface area contributed by atoms with E-state index in [4.69, 9.17) is 40.5 Å². The molecule has 4 aromatic carbocycles. The Labute approximate surface area is 667 Å². The number of hydrogen-bond acceptors (Lipinski definition) is 8. The van der Waals surface area contributed by atoms with E-state index in [-0.39, 0.29) is 18.3 Å². The van der Waals surface area contributed by atoms with E-state index in [0.717, 1.165) is 159 Å². The second-order valence-corrected chi connectivity index (χ2v) is 31.1. The molecule has 17 rings (SSSR count). The molecule has 0 amide bonds. The van der Waals surface area contributed by atoms with Gasteiger partial charge in [0.15, 0.2) is 47.1 Å². The minimum absolute atomic E-state index is 0.00562. The van der Waals surface area contributed by atoms with Gasteiger partial charge in [0.1, 0.15) is 28.2 Å². The molecule has 1 saturated carbocycles. The SMILES string of the molecule is CCc1ccc(-c2c(C)ccc3c2oc2nc(C(C)(C)C)ccc23)[n+](C)c1.[2H]C([2H])([2H])C(C)(Cc1ccc2c(n1)oc1c(-c3ccc(CC)c[n+]3C)c(C)ccc12)C([2H])([2H])[2H].[2H]C([2H])([2H])C([2H])(C)Cc1ccc2c(n1)oc1c(-c3ccc(CC)c[n+]3C)c(C)ccc12.[2H]C1([2H])CCCC1([2H])c1ccc2c(n1)oc1c(-c3ccc(CC)c[n+]3C)c(C)ccc12. The van der Waals surface area contributed by atoms with Crippen LogP contribution in [0.15, 0.2) is 188 Å². The van der Waals surface area contributed by atoms with E-state index in [9.17, 15) is 0 Å². The molecule has 110 heavy (non-hydrogen) atoms. The van der Waals surface area contributed by atoms with Crippen molar-refractivity contribution in [1.29, 1.82) is 0 Å². The van der Waals surface area contributed by atoms with Gasteiger partial charge in [-0.3, -0.25) is 0 Å². The van der Waals surface area contributed by atoms with Crippen molar-refractivity contribution in [2.24, 2.45) is 39.5 Å². The first-order valence-corrected chi connectivity index (χ1v) is 38.6. The summed E-state index contributed by atoms with van der Waals surface area (Å²) in [5.41, 5.74) is 23.8. The van der Waals surface area contributed by atoms with E-state index in [0.29, 0.717) is 59.1 Å². The number of aryl methyl sites for hydroxylation is 12. The third-order valence-corrected chi connectivity index (χ3v) is 21.4. The minimum Gasteiger partial charge on any atom is -0.437 e.